The highest BCUT2D eigenvalue weighted by Gasteiger charge is 2.27. The van der Waals surface area contributed by atoms with Gasteiger partial charge in [0.05, 0.1) is 12.6 Å². The highest BCUT2D eigenvalue weighted by atomic mass is 16.2. The van der Waals surface area contributed by atoms with E-state index in [1.165, 1.54) is 0 Å². The fourth-order valence-corrected chi connectivity index (χ4v) is 2.06. The van der Waals surface area contributed by atoms with Gasteiger partial charge in [-0.3, -0.25) is 15.1 Å². The average molecular weight is 224 g/mol. The summed E-state index contributed by atoms with van der Waals surface area (Å²) in [5, 5.41) is 7.87. The number of nitrogens with two attached hydrogens (primary N) is 1. The van der Waals surface area contributed by atoms with Crippen LogP contribution in [0.1, 0.15) is 19.2 Å². The van der Waals surface area contributed by atoms with Gasteiger partial charge in [0.2, 0.25) is 0 Å². The van der Waals surface area contributed by atoms with Crippen LogP contribution in [-0.4, -0.2) is 38.2 Å². The third-order valence-electron chi connectivity index (χ3n) is 2.94. The van der Waals surface area contributed by atoms with Gasteiger partial charge in [0.1, 0.15) is 12.2 Å². The summed E-state index contributed by atoms with van der Waals surface area (Å²) < 4.78 is 2.00. The molecule has 0 radical (unpaired) electrons. The molecule has 3 N–H and O–H groups in total. The van der Waals surface area contributed by atoms with Crippen molar-refractivity contribution in [3.05, 3.63) is 12.2 Å². The average Bonchev–Trinajstić information content (AvgIpc) is 2.77. The molecule has 1 atom stereocenters. The first-order chi connectivity index (χ1) is 7.76. The number of carbonyl (C=O) groups excluding carboxylic acids is 1. The van der Waals surface area contributed by atoms with Gasteiger partial charge in [-0.2, -0.15) is 0 Å². The van der Waals surface area contributed by atoms with Gasteiger partial charge < -0.3 is 4.57 Å². The highest BCUT2D eigenvalue weighted by Crippen LogP contribution is 2.14. The Kier molecular flexibility index (Phi) is 3.16. The van der Waals surface area contributed by atoms with Gasteiger partial charge in [-0.15, -0.1) is 10.2 Å². The molecule has 2 rings (SSSR count). The van der Waals surface area contributed by atoms with Crippen molar-refractivity contribution in [2.45, 2.75) is 32.5 Å². The van der Waals surface area contributed by atoms with Crippen LogP contribution in [0.15, 0.2) is 6.33 Å². The molecular weight excluding hydrogens is 208 g/mol. The minimum Gasteiger partial charge on any atom is -0.315 e. The number of nitrogens with one attached hydrogen (secondary N) is 1. The van der Waals surface area contributed by atoms with Crippen molar-refractivity contribution in [3.8, 4) is 0 Å². The summed E-state index contributed by atoms with van der Waals surface area (Å²) in [4.78, 5) is 13.6. The minimum absolute atomic E-state index is 0.143. The summed E-state index contributed by atoms with van der Waals surface area (Å²) in [5.41, 5.74) is 2.21. The van der Waals surface area contributed by atoms with E-state index < -0.39 is 0 Å². The normalized spacial score (nSPS) is 17.9. The molecule has 1 aliphatic heterocycles. The van der Waals surface area contributed by atoms with E-state index in [-0.39, 0.29) is 11.9 Å². The van der Waals surface area contributed by atoms with E-state index in [0.717, 1.165) is 25.3 Å². The molecule has 1 aromatic rings. The summed E-state index contributed by atoms with van der Waals surface area (Å²) in [7, 11) is 0. The quantitative estimate of drug-likeness (QED) is 0.385. The van der Waals surface area contributed by atoms with E-state index in [4.69, 9.17) is 5.84 Å². The minimum atomic E-state index is -0.185. The zero-order valence-electron chi connectivity index (χ0n) is 9.26. The monoisotopic (exact) mass is 224 g/mol. The zero-order valence-corrected chi connectivity index (χ0v) is 9.26. The Balaban J connectivity index is 2.09. The molecule has 7 nitrogen and oxygen atoms in total. The van der Waals surface area contributed by atoms with Crippen LogP contribution >= 0.6 is 0 Å². The van der Waals surface area contributed by atoms with Crippen LogP contribution in [0.5, 0.6) is 0 Å². The molecule has 2 heterocycles. The number of fused-ring (bicyclic) bond motifs is 1. The van der Waals surface area contributed by atoms with E-state index in [1.807, 2.05) is 11.5 Å². The number of carbonyl (C=O) groups is 1. The van der Waals surface area contributed by atoms with Crippen molar-refractivity contribution in [2.75, 3.05) is 6.54 Å². The van der Waals surface area contributed by atoms with Gasteiger partial charge in [-0.05, 0) is 6.42 Å². The number of aromatic nitrogens is 3. The molecule has 0 aliphatic carbocycles. The lowest BCUT2D eigenvalue weighted by molar-refractivity contribution is -0.127. The number of nitrogens with zero attached hydrogens (tertiary/aromatic N) is 4. The first-order valence-electron chi connectivity index (χ1n) is 5.37. The first kappa shape index (κ1) is 11.0. The van der Waals surface area contributed by atoms with Crippen molar-refractivity contribution in [1.29, 1.82) is 0 Å². The number of hydrazine groups is 1. The molecular formula is C9H16N6O. The second kappa shape index (κ2) is 4.58. The number of hydrogen-bond donors (Lipinski definition) is 2. The van der Waals surface area contributed by atoms with Crippen molar-refractivity contribution in [3.63, 3.8) is 0 Å². The maximum Gasteiger partial charge on any atom is 0.251 e. The zero-order chi connectivity index (χ0) is 11.5. The second-order valence-corrected chi connectivity index (χ2v) is 3.84. The molecule has 0 saturated heterocycles. The van der Waals surface area contributed by atoms with E-state index in [2.05, 4.69) is 20.5 Å². The van der Waals surface area contributed by atoms with Gasteiger partial charge in [0, 0.05) is 13.1 Å². The largest absolute Gasteiger partial charge is 0.315 e. The molecule has 0 spiro atoms. The molecule has 1 amide bonds. The predicted octanol–water partition coefficient (Wildman–Crippen LogP) is -1.14. The van der Waals surface area contributed by atoms with Crippen molar-refractivity contribution >= 4 is 5.91 Å². The van der Waals surface area contributed by atoms with E-state index in [9.17, 15) is 4.79 Å². The molecule has 0 aromatic carbocycles. The molecule has 0 fully saturated rings. The van der Waals surface area contributed by atoms with Crippen LogP contribution in [0.3, 0.4) is 0 Å². The molecule has 1 unspecified atom stereocenters. The van der Waals surface area contributed by atoms with Crippen LogP contribution in [0.2, 0.25) is 0 Å². The number of rotatable bonds is 3. The van der Waals surface area contributed by atoms with Crippen LogP contribution < -0.4 is 11.3 Å². The standard InChI is InChI=1S/C9H16N6O/c1-2-7(9(16)12-10)14-3-4-15-6-11-13-8(15)5-14/h6-7H,2-5,10H2,1H3,(H,12,16). The van der Waals surface area contributed by atoms with Gasteiger partial charge >= 0.3 is 0 Å². The third-order valence-corrected chi connectivity index (χ3v) is 2.94. The Labute approximate surface area is 93.6 Å². The fraction of sp³-hybridized carbons (Fsp3) is 0.667. The second-order valence-electron chi connectivity index (χ2n) is 3.84. The summed E-state index contributed by atoms with van der Waals surface area (Å²) in [6, 6.07) is -0.185. The molecule has 0 saturated carbocycles. The smallest absolute Gasteiger partial charge is 0.251 e. The lowest BCUT2D eigenvalue weighted by atomic mass is 10.1. The lowest BCUT2D eigenvalue weighted by Gasteiger charge is -2.32. The molecule has 1 aromatic heterocycles. The van der Waals surface area contributed by atoms with Crippen LogP contribution in [0.25, 0.3) is 0 Å². The highest BCUT2D eigenvalue weighted by molar-refractivity contribution is 5.81. The molecule has 88 valence electrons. The van der Waals surface area contributed by atoms with E-state index in [0.29, 0.717) is 6.54 Å². The van der Waals surface area contributed by atoms with Crippen LogP contribution in [0.4, 0.5) is 0 Å². The van der Waals surface area contributed by atoms with Gasteiger partial charge in [-0.25, -0.2) is 5.84 Å². The fourth-order valence-electron chi connectivity index (χ4n) is 2.06. The van der Waals surface area contributed by atoms with Crippen molar-refractivity contribution in [2.24, 2.45) is 5.84 Å². The van der Waals surface area contributed by atoms with E-state index >= 15 is 0 Å². The van der Waals surface area contributed by atoms with Crippen molar-refractivity contribution < 1.29 is 4.79 Å². The summed E-state index contributed by atoms with van der Waals surface area (Å²) in [6.45, 7) is 4.25. The first-order valence-corrected chi connectivity index (χ1v) is 5.37. The predicted molar refractivity (Wildman–Crippen MR) is 56.8 cm³/mol. The van der Waals surface area contributed by atoms with E-state index in [1.54, 1.807) is 6.33 Å². The molecule has 0 bridgehead atoms. The third kappa shape index (κ3) is 1.91. The number of amides is 1. The van der Waals surface area contributed by atoms with Crippen LogP contribution in [0, 0.1) is 0 Å². The van der Waals surface area contributed by atoms with Gasteiger partial charge in [-0.1, -0.05) is 6.92 Å². The summed E-state index contributed by atoms with van der Waals surface area (Å²) >= 11 is 0. The Bertz CT molecular complexity index is 376. The Hall–Kier alpha value is -1.47. The maximum atomic E-state index is 11.6. The van der Waals surface area contributed by atoms with Crippen molar-refractivity contribution in [1.82, 2.24) is 25.1 Å². The Morgan fingerprint density at radius 3 is 3.19 bits per heavy atom. The molecule has 1 aliphatic rings. The Morgan fingerprint density at radius 1 is 1.69 bits per heavy atom. The number of hydrogen-bond acceptors (Lipinski definition) is 5. The van der Waals surface area contributed by atoms with Gasteiger partial charge in [0.25, 0.3) is 5.91 Å². The van der Waals surface area contributed by atoms with Gasteiger partial charge in [0.15, 0.2) is 0 Å². The molecule has 7 heteroatoms. The van der Waals surface area contributed by atoms with Crippen LogP contribution in [-0.2, 0) is 17.9 Å². The SMILES string of the molecule is CCC(C(=O)NN)N1CCn2cnnc2C1. The molecule has 16 heavy (non-hydrogen) atoms. The Morgan fingerprint density at radius 2 is 2.50 bits per heavy atom. The topological polar surface area (TPSA) is 89.1 Å². The summed E-state index contributed by atoms with van der Waals surface area (Å²) in [5.74, 6) is 5.93. The summed E-state index contributed by atoms with van der Waals surface area (Å²) in [6.07, 6.45) is 2.45. The maximum absolute atomic E-state index is 11.6. The lowest BCUT2D eigenvalue weighted by Crippen LogP contribution is -2.50.